The second-order valence-corrected chi connectivity index (χ2v) is 6.29. The van der Waals surface area contributed by atoms with E-state index in [9.17, 15) is 19.6 Å². The second-order valence-electron chi connectivity index (χ2n) is 6.29. The first-order valence-electron chi connectivity index (χ1n) is 8.68. The molecule has 1 N–H and O–H groups in total. The van der Waals surface area contributed by atoms with Crippen molar-refractivity contribution in [3.8, 4) is 6.07 Å². The van der Waals surface area contributed by atoms with Crippen LogP contribution < -0.4 is 5.32 Å². The van der Waals surface area contributed by atoms with Crippen molar-refractivity contribution in [3.63, 3.8) is 0 Å². The van der Waals surface area contributed by atoms with Gasteiger partial charge in [-0.2, -0.15) is 5.26 Å². The Morgan fingerprint density at radius 2 is 1.96 bits per heavy atom. The Morgan fingerprint density at radius 1 is 1.24 bits per heavy atom. The fourth-order valence-electron chi connectivity index (χ4n) is 2.99. The summed E-state index contributed by atoms with van der Waals surface area (Å²) in [6, 6.07) is 1.93. The summed E-state index contributed by atoms with van der Waals surface area (Å²) in [5, 5.41) is 11.9. The number of hydrogen-bond donors (Lipinski definition) is 1. The van der Waals surface area contributed by atoms with E-state index in [1.54, 1.807) is 11.1 Å². The van der Waals surface area contributed by atoms with E-state index in [0.717, 1.165) is 13.0 Å². The van der Waals surface area contributed by atoms with Gasteiger partial charge in [0.1, 0.15) is 11.6 Å². The number of nitrogens with zero attached hydrogens (tertiary/aromatic N) is 4. The zero-order chi connectivity index (χ0) is 18.2. The van der Waals surface area contributed by atoms with Crippen LogP contribution in [0, 0.1) is 11.3 Å². The standard InChI is InChI=1S/C17H25N5O3/c1-14(23)21-10-8-20(9-11-21)13-15(12-18)17(25)19-5-3-7-22-6-2-4-16(22)24/h13H,2-11H2,1H3,(H,19,25)/b15-13-. The first kappa shape index (κ1) is 18.8. The lowest BCUT2D eigenvalue weighted by Gasteiger charge is -2.33. The van der Waals surface area contributed by atoms with Gasteiger partial charge in [-0.05, 0) is 12.8 Å². The minimum atomic E-state index is -0.399. The molecule has 8 nitrogen and oxygen atoms in total. The first-order valence-corrected chi connectivity index (χ1v) is 8.68. The number of nitriles is 1. The van der Waals surface area contributed by atoms with Crippen LogP contribution >= 0.6 is 0 Å². The highest BCUT2D eigenvalue weighted by molar-refractivity contribution is 5.97. The average molecular weight is 347 g/mol. The fraction of sp³-hybridized carbons (Fsp3) is 0.647. The molecule has 2 rings (SSSR count). The van der Waals surface area contributed by atoms with Gasteiger partial charge in [0.05, 0.1) is 0 Å². The Bertz CT molecular complexity index is 588. The van der Waals surface area contributed by atoms with Crippen molar-refractivity contribution in [2.24, 2.45) is 0 Å². The molecule has 0 radical (unpaired) electrons. The molecular weight excluding hydrogens is 322 g/mol. The molecule has 0 bridgehead atoms. The first-order chi connectivity index (χ1) is 12.0. The highest BCUT2D eigenvalue weighted by atomic mass is 16.2. The Kier molecular flexibility index (Phi) is 6.81. The van der Waals surface area contributed by atoms with Gasteiger partial charge in [0.2, 0.25) is 11.8 Å². The molecule has 0 aromatic carbocycles. The van der Waals surface area contributed by atoms with Crippen molar-refractivity contribution in [2.75, 3.05) is 45.8 Å². The van der Waals surface area contributed by atoms with Gasteiger partial charge in [-0.3, -0.25) is 14.4 Å². The normalized spacial score (nSPS) is 18.3. The quantitative estimate of drug-likeness (QED) is 0.404. The van der Waals surface area contributed by atoms with E-state index in [1.165, 1.54) is 6.92 Å². The van der Waals surface area contributed by atoms with E-state index in [-0.39, 0.29) is 17.4 Å². The maximum absolute atomic E-state index is 12.1. The van der Waals surface area contributed by atoms with Crippen molar-refractivity contribution in [3.05, 3.63) is 11.8 Å². The van der Waals surface area contributed by atoms with E-state index in [0.29, 0.717) is 52.1 Å². The fourth-order valence-corrected chi connectivity index (χ4v) is 2.99. The van der Waals surface area contributed by atoms with E-state index < -0.39 is 5.91 Å². The Hall–Kier alpha value is -2.56. The number of nitrogens with one attached hydrogen (secondary N) is 1. The number of rotatable bonds is 6. The van der Waals surface area contributed by atoms with E-state index >= 15 is 0 Å². The molecule has 0 aliphatic carbocycles. The molecule has 0 spiro atoms. The SMILES string of the molecule is CC(=O)N1CCN(/C=C(/C#N)C(=O)NCCCN2CCCC2=O)CC1. The molecule has 2 saturated heterocycles. The lowest BCUT2D eigenvalue weighted by molar-refractivity contribution is -0.130. The van der Waals surface area contributed by atoms with Gasteiger partial charge in [0.15, 0.2) is 0 Å². The van der Waals surface area contributed by atoms with Crippen molar-refractivity contribution >= 4 is 17.7 Å². The van der Waals surface area contributed by atoms with E-state index in [1.807, 2.05) is 15.9 Å². The number of amides is 3. The molecule has 3 amide bonds. The maximum Gasteiger partial charge on any atom is 0.263 e. The van der Waals surface area contributed by atoms with Crippen LogP contribution in [0.3, 0.4) is 0 Å². The molecular formula is C17H25N5O3. The molecule has 0 aromatic rings. The Morgan fingerprint density at radius 3 is 2.52 bits per heavy atom. The predicted octanol–water partition coefficient (Wildman–Crippen LogP) is -0.313. The van der Waals surface area contributed by atoms with Gasteiger partial charge in [0, 0.05) is 65.4 Å². The molecule has 2 fully saturated rings. The average Bonchev–Trinajstić information content (AvgIpc) is 3.01. The molecule has 25 heavy (non-hydrogen) atoms. The molecule has 2 aliphatic rings. The highest BCUT2D eigenvalue weighted by Crippen LogP contribution is 2.09. The number of carbonyl (C=O) groups excluding carboxylic acids is 3. The molecule has 2 heterocycles. The third-order valence-electron chi connectivity index (χ3n) is 4.50. The van der Waals surface area contributed by atoms with Crippen LogP contribution in [0.5, 0.6) is 0 Å². The zero-order valence-electron chi connectivity index (χ0n) is 14.7. The highest BCUT2D eigenvalue weighted by Gasteiger charge is 2.20. The minimum Gasteiger partial charge on any atom is -0.373 e. The van der Waals surface area contributed by atoms with Crippen LogP contribution in [-0.4, -0.2) is 78.2 Å². The third kappa shape index (κ3) is 5.48. The summed E-state index contributed by atoms with van der Waals surface area (Å²) in [5.74, 6) is -0.184. The van der Waals surface area contributed by atoms with Crippen LogP contribution in [0.4, 0.5) is 0 Å². The van der Waals surface area contributed by atoms with Gasteiger partial charge in [-0.25, -0.2) is 0 Å². The summed E-state index contributed by atoms with van der Waals surface area (Å²) in [4.78, 5) is 40.4. The number of carbonyl (C=O) groups is 3. The Balaban J connectivity index is 1.74. The third-order valence-corrected chi connectivity index (χ3v) is 4.50. The van der Waals surface area contributed by atoms with Crippen molar-refractivity contribution in [1.82, 2.24) is 20.0 Å². The van der Waals surface area contributed by atoms with Crippen molar-refractivity contribution in [1.29, 1.82) is 5.26 Å². The molecule has 0 aromatic heterocycles. The number of hydrogen-bond acceptors (Lipinski definition) is 5. The second kappa shape index (κ2) is 9.06. The molecule has 136 valence electrons. The zero-order valence-corrected chi connectivity index (χ0v) is 14.7. The molecule has 2 aliphatic heterocycles. The summed E-state index contributed by atoms with van der Waals surface area (Å²) < 4.78 is 0. The van der Waals surface area contributed by atoms with Gasteiger partial charge >= 0.3 is 0 Å². The largest absolute Gasteiger partial charge is 0.373 e. The van der Waals surface area contributed by atoms with Crippen LogP contribution in [0.1, 0.15) is 26.2 Å². The van der Waals surface area contributed by atoms with E-state index in [2.05, 4.69) is 5.32 Å². The Labute approximate surface area is 148 Å². The molecule has 0 unspecified atom stereocenters. The number of likely N-dealkylation sites (tertiary alicyclic amines) is 1. The van der Waals surface area contributed by atoms with Crippen molar-refractivity contribution in [2.45, 2.75) is 26.2 Å². The molecule has 0 saturated carbocycles. The lowest BCUT2D eigenvalue weighted by atomic mass is 10.2. The summed E-state index contributed by atoms with van der Waals surface area (Å²) in [6.45, 7) is 5.80. The summed E-state index contributed by atoms with van der Waals surface area (Å²) in [5.41, 5.74) is 0.0634. The van der Waals surface area contributed by atoms with Crippen LogP contribution in [0.15, 0.2) is 11.8 Å². The molecule has 8 heteroatoms. The monoisotopic (exact) mass is 347 g/mol. The predicted molar refractivity (Wildman–Crippen MR) is 91.0 cm³/mol. The van der Waals surface area contributed by atoms with Crippen LogP contribution in [0.25, 0.3) is 0 Å². The van der Waals surface area contributed by atoms with Crippen LogP contribution in [-0.2, 0) is 14.4 Å². The van der Waals surface area contributed by atoms with Gasteiger partial charge < -0.3 is 20.0 Å². The van der Waals surface area contributed by atoms with E-state index in [4.69, 9.17) is 0 Å². The maximum atomic E-state index is 12.1. The summed E-state index contributed by atoms with van der Waals surface area (Å²) in [7, 11) is 0. The van der Waals surface area contributed by atoms with Crippen LogP contribution in [0.2, 0.25) is 0 Å². The van der Waals surface area contributed by atoms with Gasteiger partial charge in [0.25, 0.3) is 5.91 Å². The minimum absolute atomic E-state index is 0.0402. The summed E-state index contributed by atoms with van der Waals surface area (Å²) in [6.07, 6.45) is 3.76. The van der Waals surface area contributed by atoms with Crippen molar-refractivity contribution < 1.29 is 14.4 Å². The number of piperazine rings is 1. The molecule has 0 atom stereocenters. The van der Waals surface area contributed by atoms with Gasteiger partial charge in [-0.1, -0.05) is 0 Å². The summed E-state index contributed by atoms with van der Waals surface area (Å²) >= 11 is 0. The smallest absolute Gasteiger partial charge is 0.263 e. The lowest BCUT2D eigenvalue weighted by Crippen LogP contribution is -2.46. The topological polar surface area (TPSA) is 96.8 Å². The van der Waals surface area contributed by atoms with Gasteiger partial charge in [-0.15, -0.1) is 0 Å².